The molecule has 0 unspecified atom stereocenters. The Labute approximate surface area is 113 Å². The summed E-state index contributed by atoms with van der Waals surface area (Å²) in [6.07, 6.45) is 0. The summed E-state index contributed by atoms with van der Waals surface area (Å²) < 4.78 is 5.87. The lowest BCUT2D eigenvalue weighted by Gasteiger charge is -2.10. The van der Waals surface area contributed by atoms with E-state index >= 15 is 0 Å². The van der Waals surface area contributed by atoms with Crippen molar-refractivity contribution in [1.82, 2.24) is 0 Å². The molecule has 3 nitrogen and oxygen atoms in total. The zero-order chi connectivity index (χ0) is 12.0. The number of anilines is 1. The summed E-state index contributed by atoms with van der Waals surface area (Å²) in [6, 6.07) is 3.66. The van der Waals surface area contributed by atoms with Crippen molar-refractivity contribution in [3.63, 3.8) is 0 Å². The van der Waals surface area contributed by atoms with Crippen LogP contribution in [0.4, 0.5) is 5.69 Å². The zero-order valence-corrected chi connectivity index (χ0v) is 11.6. The van der Waals surface area contributed by atoms with Gasteiger partial charge in [0, 0.05) is 11.0 Å². The molecule has 0 saturated heterocycles. The first-order valence-electron chi connectivity index (χ1n) is 4.72. The fourth-order valence-corrected chi connectivity index (χ4v) is 1.93. The molecule has 0 spiro atoms. The van der Waals surface area contributed by atoms with Crippen molar-refractivity contribution >= 4 is 44.8 Å². The van der Waals surface area contributed by atoms with Crippen LogP contribution in [0, 0.1) is 0 Å². The molecule has 0 bridgehead atoms. The molecule has 1 rings (SSSR count). The highest BCUT2D eigenvalue weighted by molar-refractivity contribution is 9.10. The Morgan fingerprint density at radius 1 is 1.25 bits per heavy atom. The maximum absolute atomic E-state index is 8.50. The standard InChI is InChI=1S/C10H12BrCl2NO2/c11-7-1-2-8(10(13)9(7)12)14-3-5-16-6-4-15/h1-2,14-15H,3-6H2. The number of benzene rings is 1. The minimum absolute atomic E-state index is 0.0326. The Balaban J connectivity index is 2.45. The van der Waals surface area contributed by atoms with Crippen LogP contribution in [0.3, 0.4) is 0 Å². The molecule has 0 aromatic heterocycles. The quantitative estimate of drug-likeness (QED) is 0.622. The maximum Gasteiger partial charge on any atom is 0.0835 e. The summed E-state index contributed by atoms with van der Waals surface area (Å²) in [7, 11) is 0. The largest absolute Gasteiger partial charge is 0.394 e. The second-order valence-electron chi connectivity index (χ2n) is 2.99. The number of rotatable bonds is 6. The lowest BCUT2D eigenvalue weighted by molar-refractivity contribution is 0.0992. The predicted molar refractivity (Wildman–Crippen MR) is 70.6 cm³/mol. The molecular weight excluding hydrogens is 317 g/mol. The Morgan fingerprint density at radius 3 is 2.69 bits per heavy atom. The normalized spacial score (nSPS) is 10.5. The monoisotopic (exact) mass is 327 g/mol. The molecule has 0 aliphatic rings. The number of ether oxygens (including phenoxy) is 1. The van der Waals surface area contributed by atoms with E-state index in [-0.39, 0.29) is 6.61 Å². The van der Waals surface area contributed by atoms with Gasteiger partial charge in [-0.1, -0.05) is 23.2 Å². The van der Waals surface area contributed by atoms with Crippen LogP contribution in [0.25, 0.3) is 0 Å². The van der Waals surface area contributed by atoms with Gasteiger partial charge >= 0.3 is 0 Å². The Kier molecular flexibility index (Phi) is 6.46. The van der Waals surface area contributed by atoms with Crippen LogP contribution in [0.2, 0.25) is 10.0 Å². The van der Waals surface area contributed by atoms with E-state index < -0.39 is 0 Å². The summed E-state index contributed by atoms with van der Waals surface area (Å²) >= 11 is 15.3. The number of aliphatic hydroxyl groups is 1. The number of aliphatic hydroxyl groups excluding tert-OH is 1. The summed E-state index contributed by atoms with van der Waals surface area (Å²) in [4.78, 5) is 0. The minimum Gasteiger partial charge on any atom is -0.394 e. The van der Waals surface area contributed by atoms with Crippen molar-refractivity contribution in [3.05, 3.63) is 26.7 Å². The molecule has 0 amide bonds. The van der Waals surface area contributed by atoms with Crippen LogP contribution in [0.15, 0.2) is 16.6 Å². The zero-order valence-electron chi connectivity index (χ0n) is 8.47. The van der Waals surface area contributed by atoms with E-state index in [2.05, 4.69) is 21.2 Å². The van der Waals surface area contributed by atoms with E-state index in [1.807, 2.05) is 12.1 Å². The molecule has 0 atom stereocenters. The van der Waals surface area contributed by atoms with Gasteiger partial charge in [0.15, 0.2) is 0 Å². The molecule has 90 valence electrons. The van der Waals surface area contributed by atoms with Gasteiger partial charge < -0.3 is 15.2 Å². The lowest BCUT2D eigenvalue weighted by Crippen LogP contribution is -2.11. The minimum atomic E-state index is 0.0326. The van der Waals surface area contributed by atoms with E-state index in [1.54, 1.807) is 0 Å². The first kappa shape index (κ1) is 14.1. The maximum atomic E-state index is 8.50. The molecule has 0 saturated carbocycles. The topological polar surface area (TPSA) is 41.5 Å². The van der Waals surface area contributed by atoms with Crippen molar-refractivity contribution in [1.29, 1.82) is 0 Å². The molecule has 1 aromatic carbocycles. The molecule has 0 aliphatic carbocycles. The van der Waals surface area contributed by atoms with Gasteiger partial charge in [-0.2, -0.15) is 0 Å². The van der Waals surface area contributed by atoms with Crippen molar-refractivity contribution in [2.45, 2.75) is 0 Å². The van der Waals surface area contributed by atoms with E-state index in [4.69, 9.17) is 33.0 Å². The smallest absolute Gasteiger partial charge is 0.0835 e. The molecule has 0 radical (unpaired) electrons. The van der Waals surface area contributed by atoms with E-state index in [9.17, 15) is 0 Å². The summed E-state index contributed by atoms with van der Waals surface area (Å²) in [6.45, 7) is 1.49. The highest BCUT2D eigenvalue weighted by Gasteiger charge is 2.07. The SMILES string of the molecule is OCCOCCNc1ccc(Br)c(Cl)c1Cl. The van der Waals surface area contributed by atoms with Gasteiger partial charge in [0.25, 0.3) is 0 Å². The van der Waals surface area contributed by atoms with E-state index in [0.29, 0.717) is 29.8 Å². The van der Waals surface area contributed by atoms with Crippen molar-refractivity contribution in [2.75, 3.05) is 31.7 Å². The average Bonchev–Trinajstić information content (AvgIpc) is 2.28. The van der Waals surface area contributed by atoms with Gasteiger partial charge in [-0.05, 0) is 28.1 Å². The van der Waals surface area contributed by atoms with E-state index in [1.165, 1.54) is 0 Å². The number of hydrogen-bond donors (Lipinski definition) is 2. The second kappa shape index (κ2) is 7.35. The van der Waals surface area contributed by atoms with Crippen molar-refractivity contribution in [3.8, 4) is 0 Å². The third-order valence-corrected chi connectivity index (χ3v) is 3.60. The van der Waals surface area contributed by atoms with E-state index in [0.717, 1.165) is 10.2 Å². The van der Waals surface area contributed by atoms with Gasteiger partial charge in [-0.3, -0.25) is 0 Å². The molecule has 2 N–H and O–H groups in total. The molecule has 1 aromatic rings. The molecular formula is C10H12BrCl2NO2. The Bertz CT molecular complexity index is 350. The molecule has 6 heteroatoms. The fourth-order valence-electron chi connectivity index (χ4n) is 1.09. The molecule has 0 aliphatic heterocycles. The van der Waals surface area contributed by atoms with Gasteiger partial charge in [0.05, 0.1) is 35.6 Å². The summed E-state index contributed by atoms with van der Waals surface area (Å²) in [5.74, 6) is 0. The Hall–Kier alpha value is -0.000000000000000111. The Morgan fingerprint density at radius 2 is 2.00 bits per heavy atom. The predicted octanol–water partition coefficient (Wildman–Crippen LogP) is 3.18. The van der Waals surface area contributed by atoms with Crippen molar-refractivity contribution < 1.29 is 9.84 Å². The van der Waals surface area contributed by atoms with Crippen molar-refractivity contribution in [2.24, 2.45) is 0 Å². The van der Waals surface area contributed by atoms with Crippen LogP contribution in [-0.4, -0.2) is 31.5 Å². The summed E-state index contributed by atoms with van der Waals surface area (Å²) in [5, 5.41) is 12.6. The van der Waals surface area contributed by atoms with Gasteiger partial charge in [0.1, 0.15) is 0 Å². The molecule has 16 heavy (non-hydrogen) atoms. The number of halogens is 3. The average molecular weight is 329 g/mol. The van der Waals surface area contributed by atoms with Crippen LogP contribution >= 0.6 is 39.1 Å². The number of hydrogen-bond acceptors (Lipinski definition) is 3. The van der Waals surface area contributed by atoms with Crippen LogP contribution < -0.4 is 5.32 Å². The third-order valence-electron chi connectivity index (χ3n) is 1.83. The van der Waals surface area contributed by atoms with Crippen LogP contribution in [0.5, 0.6) is 0 Å². The van der Waals surface area contributed by atoms with Gasteiger partial charge in [-0.15, -0.1) is 0 Å². The first-order chi connectivity index (χ1) is 7.66. The van der Waals surface area contributed by atoms with Crippen LogP contribution in [-0.2, 0) is 4.74 Å². The first-order valence-corrected chi connectivity index (χ1v) is 6.27. The number of nitrogens with one attached hydrogen (secondary N) is 1. The third kappa shape index (κ3) is 4.11. The summed E-state index contributed by atoms with van der Waals surface area (Å²) in [5.41, 5.74) is 0.766. The molecule has 0 heterocycles. The van der Waals surface area contributed by atoms with Gasteiger partial charge in [-0.25, -0.2) is 0 Å². The highest BCUT2D eigenvalue weighted by atomic mass is 79.9. The lowest BCUT2D eigenvalue weighted by atomic mass is 10.3. The second-order valence-corrected chi connectivity index (χ2v) is 4.60. The van der Waals surface area contributed by atoms with Crippen LogP contribution in [0.1, 0.15) is 0 Å². The highest BCUT2D eigenvalue weighted by Crippen LogP contribution is 2.35. The fraction of sp³-hybridized carbons (Fsp3) is 0.400. The van der Waals surface area contributed by atoms with Gasteiger partial charge in [0.2, 0.25) is 0 Å². The molecule has 0 fully saturated rings.